The van der Waals surface area contributed by atoms with Crippen LogP contribution in [0.3, 0.4) is 0 Å². The van der Waals surface area contributed by atoms with E-state index in [0.717, 1.165) is 50.0 Å². The van der Waals surface area contributed by atoms with Crippen LogP contribution in [0.5, 0.6) is 5.88 Å². The Labute approximate surface area is 171 Å². The number of amides is 1. The number of carbonyl (C=O) groups excluding carboxylic acids is 1. The van der Waals surface area contributed by atoms with Crippen LogP contribution < -0.4 is 4.74 Å². The number of aromatic nitrogens is 1. The number of hydrogen-bond donors (Lipinski definition) is 0. The van der Waals surface area contributed by atoms with Crippen LogP contribution in [0.1, 0.15) is 35.6 Å². The van der Waals surface area contributed by atoms with Crippen molar-refractivity contribution >= 4 is 6.09 Å². The molecule has 1 amide bonds. The second-order valence-electron chi connectivity index (χ2n) is 8.24. The van der Waals surface area contributed by atoms with Gasteiger partial charge in [-0.3, -0.25) is 9.80 Å². The number of nitrogens with zero attached hydrogens (tertiary/aromatic N) is 3. The van der Waals surface area contributed by atoms with E-state index in [0.29, 0.717) is 18.3 Å². The molecule has 0 unspecified atom stereocenters. The molecule has 0 saturated carbocycles. The summed E-state index contributed by atoms with van der Waals surface area (Å²) >= 11 is 0. The Morgan fingerprint density at radius 2 is 1.93 bits per heavy atom. The van der Waals surface area contributed by atoms with Gasteiger partial charge in [0.25, 0.3) is 0 Å². The van der Waals surface area contributed by atoms with Crippen LogP contribution in [0.25, 0.3) is 0 Å². The third kappa shape index (κ3) is 3.46. The molecule has 1 aromatic heterocycles. The van der Waals surface area contributed by atoms with Crippen molar-refractivity contribution in [2.45, 2.75) is 31.4 Å². The average Bonchev–Trinajstić information content (AvgIpc) is 2.79. The van der Waals surface area contributed by atoms with Crippen LogP contribution in [-0.4, -0.2) is 60.3 Å². The zero-order chi connectivity index (χ0) is 19.8. The molecule has 5 heterocycles. The molecule has 29 heavy (non-hydrogen) atoms. The molecule has 6 rings (SSSR count). The fourth-order valence-corrected chi connectivity index (χ4v) is 5.04. The lowest BCUT2D eigenvalue weighted by atomic mass is 9.86. The predicted molar refractivity (Wildman–Crippen MR) is 109 cm³/mol. The lowest BCUT2D eigenvalue weighted by Crippen LogP contribution is -2.53. The summed E-state index contributed by atoms with van der Waals surface area (Å²) in [6.45, 7) is 3.79. The smallest absolute Gasteiger partial charge is 0.410 e. The van der Waals surface area contributed by atoms with E-state index in [1.807, 2.05) is 23.1 Å². The number of ether oxygens (including phenoxy) is 2. The van der Waals surface area contributed by atoms with Crippen LogP contribution in [0, 0.1) is 5.92 Å². The molecule has 1 aromatic carbocycles. The van der Waals surface area contributed by atoms with Crippen molar-refractivity contribution in [1.82, 2.24) is 14.8 Å². The van der Waals surface area contributed by atoms with Gasteiger partial charge >= 0.3 is 6.09 Å². The minimum atomic E-state index is -0.209. The number of rotatable bonds is 3. The minimum Gasteiger partial charge on any atom is -0.481 e. The van der Waals surface area contributed by atoms with Crippen LogP contribution >= 0.6 is 0 Å². The first kappa shape index (κ1) is 18.4. The van der Waals surface area contributed by atoms with E-state index in [2.05, 4.69) is 28.1 Å². The largest absolute Gasteiger partial charge is 0.481 e. The maximum atomic E-state index is 13.3. The molecule has 2 atom stereocenters. The van der Waals surface area contributed by atoms with Crippen molar-refractivity contribution in [3.8, 4) is 5.88 Å². The molecule has 6 nitrogen and oxygen atoms in total. The highest BCUT2D eigenvalue weighted by Gasteiger charge is 2.39. The maximum Gasteiger partial charge on any atom is 0.410 e. The number of piperidine rings is 3. The highest BCUT2D eigenvalue weighted by Crippen LogP contribution is 2.37. The molecule has 2 aromatic rings. The molecule has 0 aliphatic carbocycles. The van der Waals surface area contributed by atoms with Gasteiger partial charge in [-0.2, -0.15) is 0 Å². The maximum absolute atomic E-state index is 13.3. The Balaban J connectivity index is 1.43. The van der Waals surface area contributed by atoms with Crippen molar-refractivity contribution < 1.29 is 14.3 Å². The summed E-state index contributed by atoms with van der Waals surface area (Å²) in [5.41, 5.74) is 3.40. The van der Waals surface area contributed by atoms with E-state index >= 15 is 0 Å². The molecule has 6 heteroatoms. The molecule has 4 aliphatic rings. The summed E-state index contributed by atoms with van der Waals surface area (Å²) in [7, 11) is 1.61. The Hall–Kier alpha value is -2.60. The number of benzene rings is 1. The number of carbonyl (C=O) groups is 1. The van der Waals surface area contributed by atoms with Gasteiger partial charge in [-0.05, 0) is 61.0 Å². The first-order valence-corrected chi connectivity index (χ1v) is 10.5. The lowest BCUT2D eigenvalue weighted by Gasteiger charge is -2.45. The van der Waals surface area contributed by atoms with Gasteiger partial charge in [-0.25, -0.2) is 9.78 Å². The minimum absolute atomic E-state index is 0.0109. The third-order valence-electron chi connectivity index (χ3n) is 6.65. The molecule has 2 bridgehead atoms. The highest BCUT2D eigenvalue weighted by molar-refractivity contribution is 5.70. The van der Waals surface area contributed by atoms with E-state index in [1.54, 1.807) is 13.3 Å². The van der Waals surface area contributed by atoms with Crippen LogP contribution in [0.2, 0.25) is 0 Å². The summed E-state index contributed by atoms with van der Waals surface area (Å²) in [4.78, 5) is 22.0. The molecule has 3 saturated heterocycles. The van der Waals surface area contributed by atoms with Gasteiger partial charge in [0, 0.05) is 25.4 Å². The third-order valence-corrected chi connectivity index (χ3v) is 6.65. The van der Waals surface area contributed by atoms with Gasteiger partial charge in [-0.1, -0.05) is 24.3 Å². The first-order chi connectivity index (χ1) is 14.2. The summed E-state index contributed by atoms with van der Waals surface area (Å²) in [6.07, 6.45) is 4.71. The van der Waals surface area contributed by atoms with Gasteiger partial charge < -0.3 is 9.47 Å². The van der Waals surface area contributed by atoms with Crippen molar-refractivity contribution in [2.24, 2.45) is 5.92 Å². The zero-order valence-electron chi connectivity index (χ0n) is 16.8. The average molecular weight is 393 g/mol. The second-order valence-corrected chi connectivity index (χ2v) is 8.24. The standard InChI is InChI=1S/C23H27N3O3/c1-28-21-7-6-18(14-24-21)22-19-5-3-2-4-16(19)10-13-26(22)23(27)29-20-15-25-11-8-17(20)9-12-25/h2-7,14,17,20,22H,8-13,15H2,1H3/t20-,22+/m1/s1. The van der Waals surface area contributed by atoms with E-state index < -0.39 is 0 Å². The molecular formula is C23H27N3O3. The summed E-state index contributed by atoms with van der Waals surface area (Å²) in [6, 6.07) is 12.0. The Morgan fingerprint density at radius 1 is 1.10 bits per heavy atom. The monoisotopic (exact) mass is 393 g/mol. The molecule has 0 spiro atoms. The zero-order valence-corrected chi connectivity index (χ0v) is 16.8. The molecule has 0 N–H and O–H groups in total. The van der Waals surface area contributed by atoms with Gasteiger partial charge in [-0.15, -0.1) is 0 Å². The quantitative estimate of drug-likeness (QED) is 0.801. The molecular weight excluding hydrogens is 366 g/mol. The molecule has 3 fully saturated rings. The fraction of sp³-hybridized carbons (Fsp3) is 0.478. The fourth-order valence-electron chi connectivity index (χ4n) is 5.04. The topological polar surface area (TPSA) is 54.9 Å². The summed E-state index contributed by atoms with van der Waals surface area (Å²) < 4.78 is 11.3. The van der Waals surface area contributed by atoms with Crippen molar-refractivity contribution in [1.29, 1.82) is 0 Å². The van der Waals surface area contributed by atoms with Gasteiger partial charge in [0.05, 0.1) is 13.2 Å². The number of fused-ring (bicyclic) bond motifs is 4. The first-order valence-electron chi connectivity index (χ1n) is 10.5. The number of hydrogen-bond acceptors (Lipinski definition) is 5. The van der Waals surface area contributed by atoms with E-state index in [4.69, 9.17) is 9.47 Å². The van der Waals surface area contributed by atoms with Gasteiger partial charge in [0.2, 0.25) is 5.88 Å². The van der Waals surface area contributed by atoms with E-state index in [-0.39, 0.29) is 18.2 Å². The summed E-state index contributed by atoms with van der Waals surface area (Å²) in [5.74, 6) is 1.07. The predicted octanol–water partition coefficient (Wildman–Crippen LogP) is 3.27. The van der Waals surface area contributed by atoms with E-state index in [9.17, 15) is 4.79 Å². The SMILES string of the molecule is COc1ccc([C@H]2c3ccccc3CCN2C(=O)O[C@@H]2CN3CCC2CC3)cn1. The Bertz CT molecular complexity index is 877. The normalized spacial score (nSPS) is 28.0. The van der Waals surface area contributed by atoms with Crippen molar-refractivity contribution in [3.63, 3.8) is 0 Å². The van der Waals surface area contributed by atoms with Crippen LogP contribution in [0.4, 0.5) is 4.79 Å². The van der Waals surface area contributed by atoms with Gasteiger partial charge in [0.15, 0.2) is 0 Å². The van der Waals surface area contributed by atoms with Crippen LogP contribution in [0.15, 0.2) is 42.6 Å². The second kappa shape index (κ2) is 7.67. The lowest BCUT2D eigenvalue weighted by molar-refractivity contribution is -0.0462. The Morgan fingerprint density at radius 3 is 2.62 bits per heavy atom. The summed E-state index contributed by atoms with van der Waals surface area (Å²) in [5, 5.41) is 0. The van der Waals surface area contributed by atoms with Crippen molar-refractivity contribution in [3.05, 3.63) is 59.3 Å². The highest BCUT2D eigenvalue weighted by atomic mass is 16.6. The molecule has 0 radical (unpaired) electrons. The molecule has 4 aliphatic heterocycles. The molecule has 152 valence electrons. The van der Waals surface area contributed by atoms with Gasteiger partial charge in [0.1, 0.15) is 6.10 Å². The number of pyridine rings is 1. The van der Waals surface area contributed by atoms with Crippen molar-refractivity contribution in [2.75, 3.05) is 33.3 Å². The Kier molecular flexibility index (Phi) is 4.87. The van der Waals surface area contributed by atoms with E-state index in [1.165, 1.54) is 5.56 Å². The number of methoxy groups -OCH3 is 1. The van der Waals surface area contributed by atoms with Crippen LogP contribution in [-0.2, 0) is 11.2 Å².